The van der Waals surface area contributed by atoms with E-state index >= 15 is 0 Å². The van der Waals surface area contributed by atoms with E-state index in [0.29, 0.717) is 11.4 Å². The molecular formula is C12H10ClN3S. The molecular weight excluding hydrogens is 254 g/mol. The van der Waals surface area contributed by atoms with E-state index in [-0.39, 0.29) is 0 Å². The average Bonchev–Trinajstić information content (AvgIpc) is 2.85. The maximum Gasteiger partial charge on any atom is 0.147 e. The van der Waals surface area contributed by atoms with Crippen molar-refractivity contribution in [2.45, 2.75) is 12.8 Å². The van der Waals surface area contributed by atoms with Gasteiger partial charge in [-0.25, -0.2) is 0 Å². The van der Waals surface area contributed by atoms with Crippen LogP contribution >= 0.6 is 22.9 Å². The van der Waals surface area contributed by atoms with Gasteiger partial charge in [-0.2, -0.15) is 5.26 Å². The van der Waals surface area contributed by atoms with E-state index in [1.54, 1.807) is 23.5 Å². The lowest BCUT2D eigenvalue weighted by Crippen LogP contribution is -1.84. The number of rotatable bonds is 4. The van der Waals surface area contributed by atoms with Crippen LogP contribution in [0.1, 0.15) is 17.0 Å². The summed E-state index contributed by atoms with van der Waals surface area (Å²) in [6.07, 6.45) is 1.79. The number of hydrogen-bond donors (Lipinski definition) is 0. The van der Waals surface area contributed by atoms with Crippen LogP contribution in [0.25, 0.3) is 10.6 Å². The number of hydrogen-bond acceptors (Lipinski definition) is 4. The Morgan fingerprint density at radius 3 is 2.65 bits per heavy atom. The van der Waals surface area contributed by atoms with Gasteiger partial charge in [0, 0.05) is 17.9 Å². The molecule has 0 saturated heterocycles. The van der Waals surface area contributed by atoms with Crippen molar-refractivity contribution < 1.29 is 0 Å². The van der Waals surface area contributed by atoms with Crippen LogP contribution in [-0.2, 0) is 6.42 Å². The third kappa shape index (κ3) is 3.02. The van der Waals surface area contributed by atoms with Crippen molar-refractivity contribution in [3.63, 3.8) is 0 Å². The van der Waals surface area contributed by atoms with Crippen LogP contribution in [0.15, 0.2) is 24.3 Å². The summed E-state index contributed by atoms with van der Waals surface area (Å²) in [6, 6.07) is 9.45. The molecule has 0 radical (unpaired) electrons. The Labute approximate surface area is 109 Å². The van der Waals surface area contributed by atoms with Crippen LogP contribution < -0.4 is 0 Å². The second-order valence-corrected chi connectivity index (χ2v) is 4.92. The lowest BCUT2D eigenvalue weighted by molar-refractivity contribution is 0.884. The molecule has 2 rings (SSSR count). The van der Waals surface area contributed by atoms with E-state index in [4.69, 9.17) is 16.9 Å². The quantitative estimate of drug-likeness (QED) is 0.796. The second kappa shape index (κ2) is 5.76. The van der Waals surface area contributed by atoms with Crippen LogP contribution in [0.2, 0.25) is 0 Å². The number of aryl methyl sites for hydroxylation is 1. The highest BCUT2D eigenvalue weighted by molar-refractivity contribution is 7.14. The van der Waals surface area contributed by atoms with Crippen molar-refractivity contribution in [3.05, 3.63) is 34.8 Å². The van der Waals surface area contributed by atoms with Crippen molar-refractivity contribution >= 4 is 22.9 Å². The van der Waals surface area contributed by atoms with E-state index < -0.39 is 0 Å². The highest BCUT2D eigenvalue weighted by Crippen LogP contribution is 2.24. The van der Waals surface area contributed by atoms with Gasteiger partial charge in [0.15, 0.2) is 0 Å². The average molecular weight is 264 g/mol. The largest absolute Gasteiger partial charge is 0.192 e. The molecule has 0 bridgehead atoms. The van der Waals surface area contributed by atoms with E-state index in [1.807, 2.05) is 12.1 Å². The summed E-state index contributed by atoms with van der Waals surface area (Å²) >= 11 is 7.21. The fourth-order valence-electron chi connectivity index (χ4n) is 1.38. The lowest BCUT2D eigenvalue weighted by atomic mass is 10.2. The fourth-order valence-corrected chi connectivity index (χ4v) is 2.40. The number of nitrogens with zero attached hydrogens (tertiary/aromatic N) is 3. The Balaban J connectivity index is 2.16. The predicted octanol–water partition coefficient (Wildman–Crippen LogP) is 3.25. The highest BCUT2D eigenvalue weighted by atomic mass is 35.5. The summed E-state index contributed by atoms with van der Waals surface area (Å²) < 4.78 is 0. The molecule has 0 fully saturated rings. The summed E-state index contributed by atoms with van der Waals surface area (Å²) in [5.74, 6) is 0.645. The van der Waals surface area contributed by atoms with Gasteiger partial charge in [0.25, 0.3) is 0 Å². The van der Waals surface area contributed by atoms with Crippen LogP contribution in [0.4, 0.5) is 0 Å². The second-order valence-electron chi connectivity index (χ2n) is 3.48. The minimum absolute atomic E-state index is 0.645. The Morgan fingerprint density at radius 2 is 2.00 bits per heavy atom. The molecule has 0 aliphatic rings. The molecule has 0 amide bonds. The monoisotopic (exact) mass is 263 g/mol. The summed E-state index contributed by atoms with van der Waals surface area (Å²) in [5, 5.41) is 18.9. The van der Waals surface area contributed by atoms with Gasteiger partial charge in [0.1, 0.15) is 10.0 Å². The smallest absolute Gasteiger partial charge is 0.147 e. The first kappa shape index (κ1) is 12.0. The first-order valence-corrected chi connectivity index (χ1v) is 6.57. The molecule has 2 aromatic rings. The standard InChI is InChI=1S/C12H10ClN3S/c13-7-1-2-11-15-16-12(17-11)10-5-3-9(8-14)4-6-10/h3-6H,1-2,7H2. The molecule has 17 heavy (non-hydrogen) atoms. The van der Waals surface area contributed by atoms with Crippen LogP contribution in [0.3, 0.4) is 0 Å². The summed E-state index contributed by atoms with van der Waals surface area (Å²) in [7, 11) is 0. The van der Waals surface area contributed by atoms with E-state index in [0.717, 1.165) is 28.4 Å². The number of nitriles is 1. The molecule has 5 heteroatoms. The Hall–Kier alpha value is -1.44. The third-order valence-corrected chi connectivity index (χ3v) is 3.55. The Morgan fingerprint density at radius 1 is 1.24 bits per heavy atom. The van der Waals surface area contributed by atoms with E-state index in [2.05, 4.69) is 16.3 Å². The van der Waals surface area contributed by atoms with Crippen molar-refractivity contribution in [2.75, 3.05) is 5.88 Å². The number of benzene rings is 1. The van der Waals surface area contributed by atoms with Crippen LogP contribution in [-0.4, -0.2) is 16.1 Å². The topological polar surface area (TPSA) is 49.6 Å². The van der Waals surface area contributed by atoms with Gasteiger partial charge < -0.3 is 0 Å². The van der Waals surface area contributed by atoms with E-state index in [1.165, 1.54) is 0 Å². The molecule has 0 aliphatic heterocycles. The first-order valence-electron chi connectivity index (χ1n) is 5.22. The number of alkyl halides is 1. The molecule has 0 aliphatic carbocycles. The Bertz CT molecular complexity index is 527. The zero-order chi connectivity index (χ0) is 12.1. The third-order valence-electron chi connectivity index (χ3n) is 2.25. The van der Waals surface area contributed by atoms with Gasteiger partial charge in [-0.05, 0) is 18.6 Å². The van der Waals surface area contributed by atoms with Crippen molar-refractivity contribution in [2.24, 2.45) is 0 Å². The minimum atomic E-state index is 0.645. The van der Waals surface area contributed by atoms with E-state index in [9.17, 15) is 0 Å². The predicted molar refractivity (Wildman–Crippen MR) is 69.1 cm³/mol. The molecule has 0 atom stereocenters. The normalized spacial score (nSPS) is 10.1. The molecule has 1 aromatic carbocycles. The Kier molecular flexibility index (Phi) is 4.08. The SMILES string of the molecule is N#Cc1ccc(-c2nnc(CCCCl)s2)cc1. The maximum atomic E-state index is 8.71. The number of aromatic nitrogens is 2. The van der Waals surface area contributed by atoms with Gasteiger partial charge in [-0.1, -0.05) is 23.5 Å². The maximum absolute atomic E-state index is 8.71. The van der Waals surface area contributed by atoms with Crippen LogP contribution in [0.5, 0.6) is 0 Å². The first-order chi connectivity index (χ1) is 8.33. The molecule has 1 aromatic heterocycles. The molecule has 0 unspecified atom stereocenters. The molecule has 0 N–H and O–H groups in total. The van der Waals surface area contributed by atoms with Gasteiger partial charge in [-0.3, -0.25) is 0 Å². The summed E-state index contributed by atoms with van der Waals surface area (Å²) in [5.41, 5.74) is 1.65. The lowest BCUT2D eigenvalue weighted by Gasteiger charge is -1.94. The van der Waals surface area contributed by atoms with Gasteiger partial charge in [0.2, 0.25) is 0 Å². The molecule has 86 valence electrons. The molecule has 0 spiro atoms. The zero-order valence-corrected chi connectivity index (χ0v) is 10.6. The van der Waals surface area contributed by atoms with Gasteiger partial charge >= 0.3 is 0 Å². The molecule has 1 heterocycles. The number of halogens is 1. The van der Waals surface area contributed by atoms with Crippen LogP contribution in [0, 0.1) is 11.3 Å². The van der Waals surface area contributed by atoms with Crippen molar-refractivity contribution in [1.29, 1.82) is 5.26 Å². The van der Waals surface area contributed by atoms with Gasteiger partial charge in [0.05, 0.1) is 11.6 Å². The summed E-state index contributed by atoms with van der Waals surface area (Å²) in [4.78, 5) is 0. The van der Waals surface area contributed by atoms with Gasteiger partial charge in [-0.15, -0.1) is 21.8 Å². The zero-order valence-electron chi connectivity index (χ0n) is 9.06. The minimum Gasteiger partial charge on any atom is -0.192 e. The molecule has 3 nitrogen and oxygen atoms in total. The highest BCUT2D eigenvalue weighted by Gasteiger charge is 2.06. The molecule has 0 saturated carbocycles. The summed E-state index contributed by atoms with van der Waals surface area (Å²) in [6.45, 7) is 0. The van der Waals surface area contributed by atoms with Crippen molar-refractivity contribution in [3.8, 4) is 16.6 Å². The van der Waals surface area contributed by atoms with Crippen molar-refractivity contribution in [1.82, 2.24) is 10.2 Å². The fraction of sp³-hybridized carbons (Fsp3) is 0.250.